The molecular weight excluding hydrogens is 574 g/mol. The molecule has 150 valence electrons. The second kappa shape index (κ2) is 23.7. The van der Waals surface area contributed by atoms with Crippen molar-refractivity contribution in [3.8, 4) is 0 Å². The van der Waals surface area contributed by atoms with Crippen LogP contribution in [0.4, 0.5) is 0 Å². The molecule has 0 aromatic carbocycles. The van der Waals surface area contributed by atoms with E-state index in [0.29, 0.717) is 13.0 Å². The molecule has 0 aliphatic rings. The molecule has 0 heterocycles. The van der Waals surface area contributed by atoms with Crippen LogP contribution in [-0.2, 0) is 37.9 Å². The fourth-order valence-electron chi connectivity index (χ4n) is 1.45. The predicted octanol–water partition coefficient (Wildman–Crippen LogP) is 3.48. The van der Waals surface area contributed by atoms with Crippen molar-refractivity contribution in [3.05, 3.63) is 0 Å². The molecule has 0 saturated carbocycles. The minimum atomic E-state index is 0. The predicted molar refractivity (Wildman–Crippen MR) is 129 cm³/mol. The van der Waals surface area contributed by atoms with Gasteiger partial charge in [-0.15, -0.1) is 0 Å². The molecule has 0 aromatic heterocycles. The van der Waals surface area contributed by atoms with Crippen molar-refractivity contribution in [2.24, 2.45) is 0 Å². The normalized spacial score (nSPS) is 8.40. The zero-order valence-corrected chi connectivity index (χ0v) is 22.9. The van der Waals surface area contributed by atoms with Gasteiger partial charge in [0.2, 0.25) is 0 Å². The molecule has 10 heteroatoms. The summed E-state index contributed by atoms with van der Waals surface area (Å²) < 4.78 is 1.74. The molecule has 0 aromatic rings. The molecule has 3 nitrogen and oxygen atoms in total. The first-order valence-electron chi connectivity index (χ1n) is 8.04. The van der Waals surface area contributed by atoms with Gasteiger partial charge >= 0.3 is 38.6 Å². The van der Waals surface area contributed by atoms with E-state index in [1.165, 1.54) is 0 Å². The van der Waals surface area contributed by atoms with Gasteiger partial charge in [0.1, 0.15) is 0 Å². The Kier molecular flexibility index (Phi) is 32.3. The summed E-state index contributed by atoms with van der Waals surface area (Å²) in [6, 6.07) is 0. The van der Waals surface area contributed by atoms with Gasteiger partial charge in [0.05, 0.1) is 0 Å². The zero-order valence-electron chi connectivity index (χ0n) is 15.9. The van der Waals surface area contributed by atoms with Crippen LogP contribution in [0.2, 0.25) is 0 Å². The fraction of sp³-hybridized carbons (Fsp3) is 0.800. The van der Waals surface area contributed by atoms with Gasteiger partial charge in [0.15, 0.2) is 0 Å². The van der Waals surface area contributed by atoms with E-state index in [9.17, 15) is 0 Å². The third-order valence-electron chi connectivity index (χ3n) is 3.06. The molecule has 25 heavy (non-hydrogen) atoms. The number of thiocarbonyl (C=S) groups is 3. The quantitative estimate of drug-likeness (QED) is 0.331. The first-order valence-corrected chi connectivity index (χ1v) is 10.5. The Bertz CT molecular complexity index is 294. The molecule has 0 aliphatic heterocycles. The largest absolute Gasteiger partial charge is 3.00 e. The van der Waals surface area contributed by atoms with Gasteiger partial charge < -0.3 is 89.2 Å². The Morgan fingerprint density at radius 1 is 0.520 bits per heavy atom. The Labute approximate surface area is 219 Å². The maximum Gasteiger partial charge on any atom is 3.00 e. The molecule has 0 fully saturated rings. The monoisotopic (exact) mass is 603 g/mol. The zero-order chi connectivity index (χ0) is 19.7. The van der Waals surface area contributed by atoms with Crippen molar-refractivity contribution in [1.82, 2.24) is 14.7 Å². The summed E-state index contributed by atoms with van der Waals surface area (Å²) >= 11 is 28.5. The number of nitrogens with zero attached hydrogens (tertiary/aromatic N) is 3. The molecule has 0 N–H and O–H groups in total. The van der Waals surface area contributed by atoms with E-state index in [1.54, 1.807) is 0 Å². The van der Waals surface area contributed by atoms with Crippen LogP contribution < -0.4 is 0 Å². The van der Waals surface area contributed by atoms with Crippen molar-refractivity contribution in [2.45, 2.75) is 41.5 Å². The Morgan fingerprint density at radius 2 is 0.640 bits per heavy atom. The first kappa shape index (κ1) is 34.1. The summed E-state index contributed by atoms with van der Waals surface area (Å²) in [7, 11) is 0. The first-order chi connectivity index (χ1) is 11.2. The Balaban J connectivity index is -0.000000130. The summed E-state index contributed by atoms with van der Waals surface area (Å²) in [5, 5.41) is 0. The summed E-state index contributed by atoms with van der Waals surface area (Å²) in [4.78, 5) is 5.89. The van der Waals surface area contributed by atoms with Crippen molar-refractivity contribution >= 4 is 87.5 Å². The van der Waals surface area contributed by atoms with Crippen LogP contribution >= 0.6 is 36.7 Å². The van der Waals surface area contributed by atoms with Crippen molar-refractivity contribution in [3.63, 3.8) is 0 Å². The molecule has 0 unspecified atom stereocenters. The molecule has 0 aliphatic carbocycles. The van der Waals surface area contributed by atoms with E-state index in [1.807, 2.05) is 56.2 Å². The van der Waals surface area contributed by atoms with Gasteiger partial charge in [0, 0.05) is 39.3 Å². The van der Waals surface area contributed by atoms with E-state index in [4.69, 9.17) is 74.5 Å². The molecule has 0 rings (SSSR count). The van der Waals surface area contributed by atoms with E-state index < -0.39 is 0 Å². The Morgan fingerprint density at radius 3 is 0.640 bits per heavy atom. The van der Waals surface area contributed by atoms with E-state index in [0.717, 1.165) is 39.3 Å². The maximum atomic E-state index is 4.76. The maximum absolute atomic E-state index is 4.76. The third kappa shape index (κ3) is 21.8. The minimum Gasteiger partial charge on any atom is -0.411 e. The van der Waals surface area contributed by atoms with Crippen LogP contribution in [0.5, 0.6) is 0 Å². The van der Waals surface area contributed by atoms with Crippen molar-refractivity contribution < 1.29 is 38.6 Å². The van der Waals surface area contributed by atoms with Gasteiger partial charge in [-0.05, 0) is 41.5 Å². The van der Waals surface area contributed by atoms with Crippen LogP contribution in [0.15, 0.2) is 0 Å². The van der Waals surface area contributed by atoms with Crippen molar-refractivity contribution in [2.75, 3.05) is 39.3 Å². The fourth-order valence-corrected chi connectivity index (χ4v) is 2.99. The van der Waals surface area contributed by atoms with E-state index in [2.05, 4.69) is 0 Å². The molecule has 0 amide bonds. The van der Waals surface area contributed by atoms with Gasteiger partial charge in [-0.3, -0.25) is 0 Å². The Hall–Kier alpha value is 1.62. The summed E-state index contributed by atoms with van der Waals surface area (Å²) in [5.74, 6) is 0. The van der Waals surface area contributed by atoms with Gasteiger partial charge in [-0.1, -0.05) is 13.0 Å². The molecule has 0 spiro atoms. The molecule has 0 atom stereocenters. The standard InChI is InChI=1S/3C5H11NS2.Tb/c3*1-3-6(4-2)5(7)8;/h3*3-4H2,1-2H3,(H,7,8);/q;;;+3/p-3. The van der Waals surface area contributed by atoms with E-state index >= 15 is 0 Å². The molecule has 0 radical (unpaired) electrons. The third-order valence-corrected chi connectivity index (χ3v) is 4.61. The average molecular weight is 604 g/mol. The van der Waals surface area contributed by atoms with Crippen LogP contribution in [-0.4, -0.2) is 66.9 Å². The summed E-state index contributed by atoms with van der Waals surface area (Å²) in [5.41, 5.74) is 0. The van der Waals surface area contributed by atoms with Crippen LogP contribution in [0, 0.1) is 38.6 Å². The average Bonchev–Trinajstić information content (AvgIpc) is 2.51. The SMILES string of the molecule is CCN(CC)C(=S)[S-].CCN(CC)C(=S)[S-].CCN(CC)C(=S)[S-].[Tb+3]. The van der Waals surface area contributed by atoms with Crippen LogP contribution in [0.1, 0.15) is 41.5 Å². The van der Waals surface area contributed by atoms with Gasteiger partial charge in [-0.25, -0.2) is 0 Å². The molecular formula is C15H30N3S6Tb. The smallest absolute Gasteiger partial charge is 0.411 e. The van der Waals surface area contributed by atoms with Crippen LogP contribution in [0.3, 0.4) is 0 Å². The number of rotatable bonds is 6. The summed E-state index contributed by atoms with van der Waals surface area (Å²) in [6.07, 6.45) is 0. The minimum absolute atomic E-state index is 0. The molecule has 0 bridgehead atoms. The number of hydrogen-bond acceptors (Lipinski definition) is 6. The van der Waals surface area contributed by atoms with Gasteiger partial charge in [0.25, 0.3) is 0 Å². The summed E-state index contributed by atoms with van der Waals surface area (Å²) in [6.45, 7) is 17.8. The number of hydrogen-bond donors (Lipinski definition) is 0. The van der Waals surface area contributed by atoms with E-state index in [-0.39, 0.29) is 38.6 Å². The van der Waals surface area contributed by atoms with Gasteiger partial charge in [-0.2, -0.15) is 0 Å². The molecule has 0 saturated heterocycles. The topological polar surface area (TPSA) is 9.72 Å². The van der Waals surface area contributed by atoms with Crippen LogP contribution in [0.25, 0.3) is 0 Å². The van der Waals surface area contributed by atoms with Crippen molar-refractivity contribution in [1.29, 1.82) is 0 Å². The second-order valence-electron chi connectivity index (χ2n) is 4.31. The second-order valence-corrected chi connectivity index (χ2v) is 7.41.